The Hall–Kier alpha value is -3.50. The van der Waals surface area contributed by atoms with Crippen LogP contribution in [0, 0.1) is 6.92 Å². The molecule has 0 spiro atoms. The number of benzene rings is 2. The number of fused-ring (bicyclic) bond motifs is 1. The number of nitrogens with zero attached hydrogens (tertiary/aromatic N) is 1. The van der Waals surface area contributed by atoms with E-state index in [1.807, 2.05) is 30.3 Å². The Morgan fingerprint density at radius 2 is 1.79 bits per heavy atom. The van der Waals surface area contributed by atoms with Gasteiger partial charge in [-0.15, -0.1) is 0 Å². The van der Waals surface area contributed by atoms with E-state index in [9.17, 15) is 9.59 Å². The maximum Gasteiger partial charge on any atom is 0.345 e. The highest BCUT2D eigenvalue weighted by molar-refractivity contribution is 6.30. The number of carbonyl (C=O) groups excluding carboxylic acids is 1. The fourth-order valence-corrected chi connectivity index (χ4v) is 3.17. The molecule has 29 heavy (non-hydrogen) atoms. The SMILES string of the molecule is Cc1nc(-c2cc3ccccc3oc2=O)ccc1C(=O)/C=C/c1ccc(Cl)cc1. The summed E-state index contributed by atoms with van der Waals surface area (Å²) in [6, 6.07) is 19.6. The molecule has 0 saturated heterocycles. The molecule has 0 bridgehead atoms. The van der Waals surface area contributed by atoms with Gasteiger partial charge in [0, 0.05) is 21.7 Å². The number of hydrogen-bond donors (Lipinski definition) is 0. The summed E-state index contributed by atoms with van der Waals surface area (Å²) in [5.41, 5.74) is 2.79. The van der Waals surface area contributed by atoms with Gasteiger partial charge in [0.25, 0.3) is 0 Å². The molecule has 0 saturated carbocycles. The van der Waals surface area contributed by atoms with Gasteiger partial charge < -0.3 is 4.42 Å². The Kier molecular flexibility index (Phi) is 5.10. The molecule has 4 nitrogen and oxygen atoms in total. The molecule has 4 aromatic rings. The highest BCUT2D eigenvalue weighted by Gasteiger charge is 2.13. The fraction of sp³-hybridized carbons (Fsp3) is 0.0417. The van der Waals surface area contributed by atoms with E-state index in [0.717, 1.165) is 10.9 Å². The zero-order chi connectivity index (χ0) is 20.4. The van der Waals surface area contributed by atoms with Gasteiger partial charge in [0.15, 0.2) is 5.78 Å². The van der Waals surface area contributed by atoms with Gasteiger partial charge in [-0.2, -0.15) is 0 Å². The van der Waals surface area contributed by atoms with Crippen molar-refractivity contribution in [1.82, 2.24) is 4.98 Å². The third kappa shape index (κ3) is 4.03. The minimum absolute atomic E-state index is 0.165. The van der Waals surface area contributed by atoms with Crippen LogP contribution in [-0.4, -0.2) is 10.8 Å². The summed E-state index contributed by atoms with van der Waals surface area (Å²) < 4.78 is 5.38. The molecular weight excluding hydrogens is 386 g/mol. The molecule has 0 amide bonds. The third-order valence-electron chi connectivity index (χ3n) is 4.57. The molecule has 0 aliphatic carbocycles. The van der Waals surface area contributed by atoms with Gasteiger partial charge in [0.1, 0.15) is 5.58 Å². The van der Waals surface area contributed by atoms with Crippen LogP contribution in [0.3, 0.4) is 0 Å². The van der Waals surface area contributed by atoms with Crippen LogP contribution >= 0.6 is 11.6 Å². The first-order valence-corrected chi connectivity index (χ1v) is 9.38. The quantitative estimate of drug-likeness (QED) is 0.249. The van der Waals surface area contributed by atoms with E-state index in [2.05, 4.69) is 4.98 Å². The summed E-state index contributed by atoms with van der Waals surface area (Å²) in [6.45, 7) is 1.75. The number of hydrogen-bond acceptors (Lipinski definition) is 4. The molecule has 0 unspecified atom stereocenters. The lowest BCUT2D eigenvalue weighted by atomic mass is 10.0. The Morgan fingerprint density at radius 3 is 2.55 bits per heavy atom. The molecular formula is C24H16ClNO3. The molecule has 142 valence electrons. The van der Waals surface area contributed by atoms with Crippen LogP contribution in [0.4, 0.5) is 0 Å². The third-order valence-corrected chi connectivity index (χ3v) is 4.82. The lowest BCUT2D eigenvalue weighted by Gasteiger charge is -2.06. The molecule has 0 aliphatic rings. The van der Waals surface area contributed by atoms with Gasteiger partial charge >= 0.3 is 5.63 Å². The smallest absolute Gasteiger partial charge is 0.345 e. The van der Waals surface area contributed by atoms with Crippen LogP contribution in [0.25, 0.3) is 28.3 Å². The molecule has 0 N–H and O–H groups in total. The van der Waals surface area contributed by atoms with Gasteiger partial charge in [-0.25, -0.2) is 4.79 Å². The lowest BCUT2D eigenvalue weighted by Crippen LogP contribution is -2.06. The van der Waals surface area contributed by atoms with Crippen LogP contribution < -0.4 is 5.63 Å². The summed E-state index contributed by atoms with van der Waals surface area (Å²) in [6.07, 6.45) is 3.22. The topological polar surface area (TPSA) is 60.2 Å². The molecule has 4 rings (SSSR count). The summed E-state index contributed by atoms with van der Waals surface area (Å²) in [4.78, 5) is 29.4. The maximum atomic E-state index is 12.6. The first-order valence-electron chi connectivity index (χ1n) is 9.00. The second-order valence-corrected chi connectivity index (χ2v) is 7.00. The molecule has 2 heterocycles. The zero-order valence-corrected chi connectivity index (χ0v) is 16.3. The van der Waals surface area contributed by atoms with Crippen LogP contribution in [0.5, 0.6) is 0 Å². The van der Waals surface area contributed by atoms with Crippen molar-refractivity contribution >= 4 is 34.4 Å². The van der Waals surface area contributed by atoms with Crippen molar-refractivity contribution in [3.63, 3.8) is 0 Å². The minimum Gasteiger partial charge on any atom is -0.422 e. The number of para-hydroxylation sites is 1. The summed E-state index contributed by atoms with van der Waals surface area (Å²) in [7, 11) is 0. The largest absolute Gasteiger partial charge is 0.422 e. The molecule has 2 aromatic heterocycles. The number of pyridine rings is 1. The van der Waals surface area contributed by atoms with Crippen molar-refractivity contribution in [3.05, 3.63) is 105 Å². The van der Waals surface area contributed by atoms with E-state index >= 15 is 0 Å². The molecule has 0 fully saturated rings. The van der Waals surface area contributed by atoms with Gasteiger partial charge in [-0.1, -0.05) is 48.0 Å². The fourth-order valence-electron chi connectivity index (χ4n) is 3.05. The first kappa shape index (κ1) is 18.8. The lowest BCUT2D eigenvalue weighted by molar-refractivity contribution is 0.104. The van der Waals surface area contributed by atoms with E-state index in [0.29, 0.717) is 33.1 Å². The number of carbonyl (C=O) groups is 1. The average molecular weight is 402 g/mol. The van der Waals surface area contributed by atoms with Crippen molar-refractivity contribution in [3.8, 4) is 11.3 Å². The second kappa shape index (κ2) is 7.86. The number of halogens is 1. The van der Waals surface area contributed by atoms with Gasteiger partial charge in [0.05, 0.1) is 11.3 Å². The summed E-state index contributed by atoms with van der Waals surface area (Å²) in [5.74, 6) is -0.165. The number of ketones is 1. The number of allylic oxidation sites excluding steroid dienone is 1. The summed E-state index contributed by atoms with van der Waals surface area (Å²) in [5, 5.41) is 1.45. The van der Waals surface area contributed by atoms with Crippen molar-refractivity contribution in [2.45, 2.75) is 6.92 Å². The van der Waals surface area contributed by atoms with Crippen LogP contribution in [0.1, 0.15) is 21.6 Å². The average Bonchev–Trinajstić information content (AvgIpc) is 2.72. The Morgan fingerprint density at radius 1 is 1.03 bits per heavy atom. The maximum absolute atomic E-state index is 12.6. The molecule has 0 atom stereocenters. The minimum atomic E-state index is -0.461. The van der Waals surface area contributed by atoms with Gasteiger partial charge in [-0.05, 0) is 55.0 Å². The van der Waals surface area contributed by atoms with E-state index in [4.69, 9.17) is 16.0 Å². The predicted molar refractivity (Wildman–Crippen MR) is 115 cm³/mol. The highest BCUT2D eigenvalue weighted by atomic mass is 35.5. The monoisotopic (exact) mass is 401 g/mol. The standard InChI is InChI=1S/C24H16ClNO3/c1-15-19(22(27)13-8-16-6-9-18(25)10-7-16)11-12-21(26-15)20-14-17-4-2-3-5-23(17)29-24(20)28/h2-14H,1H3/b13-8+. The van der Waals surface area contributed by atoms with Gasteiger partial charge in [0.2, 0.25) is 0 Å². The van der Waals surface area contributed by atoms with Crippen LogP contribution in [-0.2, 0) is 0 Å². The van der Waals surface area contributed by atoms with Crippen molar-refractivity contribution in [2.24, 2.45) is 0 Å². The Balaban J connectivity index is 1.64. The zero-order valence-electron chi connectivity index (χ0n) is 15.6. The molecule has 0 aliphatic heterocycles. The summed E-state index contributed by atoms with van der Waals surface area (Å²) >= 11 is 5.87. The first-order chi connectivity index (χ1) is 14.0. The Bertz CT molecular complexity index is 1300. The van der Waals surface area contributed by atoms with E-state index in [-0.39, 0.29) is 5.78 Å². The van der Waals surface area contributed by atoms with Crippen LogP contribution in [0.2, 0.25) is 5.02 Å². The number of aromatic nitrogens is 1. The van der Waals surface area contributed by atoms with E-state index in [1.54, 1.807) is 49.4 Å². The highest BCUT2D eigenvalue weighted by Crippen LogP contribution is 2.21. The number of rotatable bonds is 4. The van der Waals surface area contributed by atoms with Crippen molar-refractivity contribution in [1.29, 1.82) is 0 Å². The normalized spacial score (nSPS) is 11.2. The molecule has 2 aromatic carbocycles. The molecule has 5 heteroatoms. The van der Waals surface area contributed by atoms with E-state index in [1.165, 1.54) is 6.08 Å². The van der Waals surface area contributed by atoms with E-state index < -0.39 is 5.63 Å². The second-order valence-electron chi connectivity index (χ2n) is 6.56. The predicted octanol–water partition coefficient (Wildman–Crippen LogP) is 5.71. The van der Waals surface area contributed by atoms with Gasteiger partial charge in [-0.3, -0.25) is 9.78 Å². The van der Waals surface area contributed by atoms with Crippen molar-refractivity contribution in [2.75, 3.05) is 0 Å². The number of aryl methyl sites for hydroxylation is 1. The Labute approximate surface area is 172 Å². The van der Waals surface area contributed by atoms with Crippen molar-refractivity contribution < 1.29 is 9.21 Å². The van der Waals surface area contributed by atoms with Crippen LogP contribution in [0.15, 0.2) is 82.0 Å². The molecule has 0 radical (unpaired) electrons.